The van der Waals surface area contributed by atoms with Gasteiger partial charge in [-0.15, -0.1) is 0 Å². The molecule has 0 atom stereocenters. The molecule has 0 heterocycles. The van der Waals surface area contributed by atoms with Gasteiger partial charge in [-0.25, -0.2) is 0 Å². The maximum Gasteiger partial charge on any atom is 0.136 e. The molecular formula is C13H17BrO2. The standard InChI is InChI=1S/C13H17BrO2/c1-3-9-6-10(8-13(15)4-5-13)12(16-2)11(14)7-9/h6-7,15H,3-5,8H2,1-2H3. The van der Waals surface area contributed by atoms with Gasteiger partial charge in [0.15, 0.2) is 0 Å². The number of methoxy groups -OCH3 is 1. The van der Waals surface area contributed by atoms with E-state index in [1.54, 1.807) is 7.11 Å². The van der Waals surface area contributed by atoms with E-state index >= 15 is 0 Å². The predicted molar refractivity (Wildman–Crippen MR) is 68.0 cm³/mol. The van der Waals surface area contributed by atoms with Crippen LogP contribution >= 0.6 is 15.9 Å². The van der Waals surface area contributed by atoms with Gasteiger partial charge in [-0.05, 0) is 52.4 Å². The summed E-state index contributed by atoms with van der Waals surface area (Å²) in [6, 6.07) is 4.22. The largest absolute Gasteiger partial charge is 0.495 e. The van der Waals surface area contributed by atoms with Gasteiger partial charge < -0.3 is 9.84 Å². The Kier molecular flexibility index (Phi) is 3.27. The second kappa shape index (κ2) is 4.38. The van der Waals surface area contributed by atoms with Crippen LogP contribution < -0.4 is 4.74 Å². The number of hydrogen-bond acceptors (Lipinski definition) is 2. The Bertz CT molecular complexity index is 397. The van der Waals surface area contributed by atoms with Crippen LogP contribution in [0.25, 0.3) is 0 Å². The lowest BCUT2D eigenvalue weighted by molar-refractivity contribution is 0.150. The van der Waals surface area contributed by atoms with E-state index in [0.29, 0.717) is 6.42 Å². The number of ether oxygens (including phenoxy) is 1. The van der Waals surface area contributed by atoms with Crippen LogP contribution in [0.5, 0.6) is 5.75 Å². The zero-order valence-corrected chi connectivity index (χ0v) is 11.3. The molecule has 0 bridgehead atoms. The minimum atomic E-state index is -0.473. The molecule has 2 nitrogen and oxygen atoms in total. The molecule has 0 spiro atoms. The Morgan fingerprint density at radius 2 is 2.12 bits per heavy atom. The topological polar surface area (TPSA) is 29.5 Å². The minimum Gasteiger partial charge on any atom is -0.495 e. The number of aryl methyl sites for hydroxylation is 1. The van der Waals surface area contributed by atoms with E-state index in [2.05, 4.69) is 35.0 Å². The molecule has 0 aromatic heterocycles. The van der Waals surface area contributed by atoms with Crippen LogP contribution in [0.3, 0.4) is 0 Å². The van der Waals surface area contributed by atoms with Gasteiger partial charge in [-0.3, -0.25) is 0 Å². The minimum absolute atomic E-state index is 0.473. The van der Waals surface area contributed by atoms with Crippen LogP contribution in [0.4, 0.5) is 0 Å². The molecule has 0 radical (unpaired) electrons. The lowest BCUT2D eigenvalue weighted by Gasteiger charge is -2.15. The molecule has 0 amide bonds. The molecule has 1 aliphatic carbocycles. The van der Waals surface area contributed by atoms with Gasteiger partial charge in [0.1, 0.15) is 5.75 Å². The van der Waals surface area contributed by atoms with E-state index in [-0.39, 0.29) is 0 Å². The highest BCUT2D eigenvalue weighted by Crippen LogP contribution is 2.42. The maximum atomic E-state index is 9.99. The Balaban J connectivity index is 2.35. The number of benzene rings is 1. The molecule has 1 aromatic rings. The third-order valence-electron chi connectivity index (χ3n) is 3.14. The Morgan fingerprint density at radius 3 is 2.62 bits per heavy atom. The molecule has 0 saturated heterocycles. The molecule has 0 unspecified atom stereocenters. The Hall–Kier alpha value is -0.540. The average molecular weight is 285 g/mol. The van der Waals surface area contributed by atoms with E-state index in [0.717, 1.165) is 35.0 Å². The summed E-state index contributed by atoms with van der Waals surface area (Å²) in [5.41, 5.74) is 1.90. The Labute approximate surface area is 105 Å². The zero-order valence-electron chi connectivity index (χ0n) is 9.72. The summed E-state index contributed by atoms with van der Waals surface area (Å²) in [6.45, 7) is 2.13. The van der Waals surface area contributed by atoms with Gasteiger partial charge in [-0.2, -0.15) is 0 Å². The fourth-order valence-electron chi connectivity index (χ4n) is 1.95. The van der Waals surface area contributed by atoms with Crippen molar-refractivity contribution in [2.45, 2.75) is 38.2 Å². The Morgan fingerprint density at radius 1 is 1.44 bits per heavy atom. The molecule has 1 aromatic carbocycles. The third kappa shape index (κ3) is 2.41. The van der Waals surface area contributed by atoms with Gasteiger partial charge in [0.05, 0.1) is 17.2 Å². The van der Waals surface area contributed by atoms with Crippen LogP contribution in [0.2, 0.25) is 0 Å². The molecule has 1 fully saturated rings. The van der Waals surface area contributed by atoms with Gasteiger partial charge in [0.25, 0.3) is 0 Å². The summed E-state index contributed by atoms with van der Waals surface area (Å²) in [7, 11) is 1.67. The fraction of sp³-hybridized carbons (Fsp3) is 0.538. The van der Waals surface area contributed by atoms with Crippen molar-refractivity contribution < 1.29 is 9.84 Å². The number of halogens is 1. The summed E-state index contributed by atoms with van der Waals surface area (Å²) >= 11 is 3.52. The number of hydrogen-bond donors (Lipinski definition) is 1. The van der Waals surface area contributed by atoms with Crippen molar-refractivity contribution in [1.82, 2.24) is 0 Å². The quantitative estimate of drug-likeness (QED) is 0.921. The van der Waals surface area contributed by atoms with Crippen LogP contribution in [0.15, 0.2) is 16.6 Å². The monoisotopic (exact) mass is 284 g/mol. The lowest BCUT2D eigenvalue weighted by atomic mass is 10.0. The highest BCUT2D eigenvalue weighted by molar-refractivity contribution is 9.10. The number of aliphatic hydroxyl groups is 1. The van der Waals surface area contributed by atoms with E-state index in [1.807, 2.05) is 0 Å². The van der Waals surface area contributed by atoms with Crippen molar-refractivity contribution >= 4 is 15.9 Å². The first-order valence-electron chi connectivity index (χ1n) is 5.65. The molecule has 1 N–H and O–H groups in total. The molecule has 3 heteroatoms. The molecule has 88 valence electrons. The average Bonchev–Trinajstić information content (AvgIpc) is 2.95. The van der Waals surface area contributed by atoms with Crippen LogP contribution in [0.1, 0.15) is 30.9 Å². The molecule has 16 heavy (non-hydrogen) atoms. The summed E-state index contributed by atoms with van der Waals surface area (Å²) in [6.07, 6.45) is 3.50. The van der Waals surface area contributed by atoms with Gasteiger partial charge in [0.2, 0.25) is 0 Å². The van der Waals surface area contributed by atoms with Crippen molar-refractivity contribution in [2.75, 3.05) is 7.11 Å². The second-order valence-corrected chi connectivity index (χ2v) is 5.38. The summed E-state index contributed by atoms with van der Waals surface area (Å²) < 4.78 is 6.37. The van der Waals surface area contributed by atoms with Gasteiger partial charge >= 0.3 is 0 Å². The van der Waals surface area contributed by atoms with Crippen molar-refractivity contribution in [3.05, 3.63) is 27.7 Å². The first-order valence-corrected chi connectivity index (χ1v) is 6.45. The molecule has 0 aliphatic heterocycles. The summed E-state index contributed by atoms with van der Waals surface area (Å²) in [4.78, 5) is 0. The van der Waals surface area contributed by atoms with E-state index in [4.69, 9.17) is 4.74 Å². The van der Waals surface area contributed by atoms with E-state index < -0.39 is 5.60 Å². The predicted octanol–water partition coefficient (Wildman–Crippen LogP) is 3.09. The van der Waals surface area contributed by atoms with Gasteiger partial charge in [-0.1, -0.05) is 13.0 Å². The van der Waals surface area contributed by atoms with Gasteiger partial charge in [0, 0.05) is 6.42 Å². The fourth-order valence-corrected chi connectivity index (χ4v) is 2.66. The maximum absolute atomic E-state index is 9.99. The summed E-state index contributed by atoms with van der Waals surface area (Å²) in [5, 5.41) is 9.99. The summed E-state index contributed by atoms with van der Waals surface area (Å²) in [5.74, 6) is 0.859. The third-order valence-corrected chi connectivity index (χ3v) is 3.73. The number of rotatable bonds is 4. The van der Waals surface area contributed by atoms with Crippen molar-refractivity contribution in [3.8, 4) is 5.75 Å². The first-order chi connectivity index (χ1) is 7.58. The van der Waals surface area contributed by atoms with Crippen molar-refractivity contribution in [1.29, 1.82) is 0 Å². The normalized spacial score (nSPS) is 17.2. The molecule has 1 saturated carbocycles. The van der Waals surface area contributed by atoms with Crippen molar-refractivity contribution in [2.24, 2.45) is 0 Å². The van der Waals surface area contributed by atoms with Crippen LogP contribution in [-0.2, 0) is 12.8 Å². The smallest absolute Gasteiger partial charge is 0.136 e. The SMILES string of the molecule is CCc1cc(Br)c(OC)c(CC2(O)CC2)c1. The molecule has 2 rings (SSSR count). The highest BCUT2D eigenvalue weighted by Gasteiger charge is 2.41. The van der Waals surface area contributed by atoms with E-state index in [9.17, 15) is 5.11 Å². The molecule has 1 aliphatic rings. The second-order valence-electron chi connectivity index (χ2n) is 4.52. The van der Waals surface area contributed by atoms with Crippen LogP contribution in [-0.4, -0.2) is 17.8 Å². The highest BCUT2D eigenvalue weighted by atomic mass is 79.9. The van der Waals surface area contributed by atoms with E-state index in [1.165, 1.54) is 5.56 Å². The zero-order chi connectivity index (χ0) is 11.8. The van der Waals surface area contributed by atoms with Crippen molar-refractivity contribution in [3.63, 3.8) is 0 Å². The van der Waals surface area contributed by atoms with Crippen LogP contribution in [0, 0.1) is 0 Å². The molecular weight excluding hydrogens is 268 g/mol. The lowest BCUT2D eigenvalue weighted by Crippen LogP contribution is -2.12. The first kappa shape index (κ1) is 11.9.